The number of rotatable bonds is 3. The molecule has 5 nitrogen and oxygen atoms in total. The highest BCUT2D eigenvalue weighted by Crippen LogP contribution is 2.21. The van der Waals surface area contributed by atoms with Crippen LogP contribution < -0.4 is 5.32 Å². The van der Waals surface area contributed by atoms with Gasteiger partial charge in [0.25, 0.3) is 0 Å². The number of nitriles is 1. The predicted molar refractivity (Wildman–Crippen MR) is 62.2 cm³/mol. The van der Waals surface area contributed by atoms with Gasteiger partial charge < -0.3 is 9.88 Å². The first-order valence-electron chi connectivity index (χ1n) is 5.91. The zero-order valence-corrected chi connectivity index (χ0v) is 9.99. The van der Waals surface area contributed by atoms with Crippen molar-refractivity contribution in [3.63, 3.8) is 0 Å². The third kappa shape index (κ3) is 2.47. The number of aryl methyl sites for hydroxylation is 2. The lowest BCUT2D eigenvalue weighted by Gasteiger charge is -2.14. The lowest BCUT2D eigenvalue weighted by atomic mass is 10.0. The highest BCUT2D eigenvalue weighted by Gasteiger charge is 2.19. The Bertz CT molecular complexity index is 470. The lowest BCUT2D eigenvalue weighted by Crippen LogP contribution is -2.29. The van der Waals surface area contributed by atoms with Gasteiger partial charge in [-0.15, -0.1) is 0 Å². The van der Waals surface area contributed by atoms with Crippen LogP contribution in [0.1, 0.15) is 30.1 Å². The zero-order chi connectivity index (χ0) is 12.3. The number of carbonyl (C=O) groups excluding carboxylic acids is 1. The van der Waals surface area contributed by atoms with Crippen LogP contribution in [-0.4, -0.2) is 22.0 Å². The molecule has 0 aliphatic heterocycles. The molecule has 0 bridgehead atoms. The first-order valence-corrected chi connectivity index (χ1v) is 5.91. The summed E-state index contributed by atoms with van der Waals surface area (Å²) in [5, 5.41) is 11.0. The fourth-order valence-electron chi connectivity index (χ4n) is 2.28. The maximum atomic E-state index is 11.6. The third-order valence-electron chi connectivity index (χ3n) is 3.09. The third-order valence-corrected chi connectivity index (χ3v) is 3.09. The van der Waals surface area contributed by atoms with Gasteiger partial charge in [-0.2, -0.15) is 5.26 Å². The molecule has 1 aromatic heterocycles. The largest absolute Gasteiger partial charge is 0.341 e. The smallest absolute Gasteiger partial charge is 0.240 e. The summed E-state index contributed by atoms with van der Waals surface area (Å²) in [4.78, 5) is 16.1. The van der Waals surface area contributed by atoms with Gasteiger partial charge in [0.1, 0.15) is 18.9 Å². The minimum absolute atomic E-state index is 0.0643. The molecule has 0 radical (unpaired) electrons. The number of carbonyl (C=O) groups is 1. The van der Waals surface area contributed by atoms with E-state index in [2.05, 4.69) is 10.3 Å². The van der Waals surface area contributed by atoms with Gasteiger partial charge >= 0.3 is 0 Å². The highest BCUT2D eigenvalue weighted by atomic mass is 16.1. The summed E-state index contributed by atoms with van der Waals surface area (Å²) in [5.41, 5.74) is 2.34. The maximum Gasteiger partial charge on any atom is 0.240 e. The Morgan fingerprint density at radius 1 is 1.53 bits per heavy atom. The van der Waals surface area contributed by atoms with Crippen molar-refractivity contribution in [1.29, 1.82) is 5.26 Å². The van der Waals surface area contributed by atoms with Crippen LogP contribution in [-0.2, 0) is 24.2 Å². The summed E-state index contributed by atoms with van der Waals surface area (Å²) >= 11 is 0. The second-order valence-electron chi connectivity index (χ2n) is 4.28. The van der Waals surface area contributed by atoms with E-state index in [1.165, 1.54) is 12.1 Å². The van der Waals surface area contributed by atoms with Crippen LogP contribution in [0.25, 0.3) is 0 Å². The topological polar surface area (TPSA) is 70.7 Å². The van der Waals surface area contributed by atoms with E-state index in [1.54, 1.807) is 0 Å². The van der Waals surface area contributed by atoms with Crippen LogP contribution in [0.15, 0.2) is 0 Å². The van der Waals surface area contributed by atoms with Gasteiger partial charge in [0.05, 0.1) is 11.8 Å². The number of amides is 1. The van der Waals surface area contributed by atoms with Crippen LogP contribution >= 0.6 is 0 Å². The summed E-state index contributed by atoms with van der Waals surface area (Å²) in [6.07, 6.45) is 4.37. The SMILES string of the molecule is Cc1nc2c(n1CC(=O)NCC#N)CCCC2. The molecule has 0 aromatic carbocycles. The molecule has 1 N–H and O–H groups in total. The van der Waals surface area contributed by atoms with E-state index in [1.807, 2.05) is 17.6 Å². The van der Waals surface area contributed by atoms with E-state index in [0.717, 1.165) is 30.8 Å². The summed E-state index contributed by atoms with van der Waals surface area (Å²) in [7, 11) is 0. The van der Waals surface area contributed by atoms with Crippen molar-refractivity contribution >= 4 is 5.91 Å². The summed E-state index contributed by atoms with van der Waals surface area (Å²) in [5.74, 6) is 0.768. The number of nitrogens with one attached hydrogen (secondary N) is 1. The molecular weight excluding hydrogens is 216 g/mol. The zero-order valence-electron chi connectivity index (χ0n) is 9.99. The average Bonchev–Trinajstić information content (AvgIpc) is 2.64. The first kappa shape index (κ1) is 11.6. The van der Waals surface area contributed by atoms with Crippen molar-refractivity contribution in [3.8, 4) is 6.07 Å². The molecular formula is C12H16N4O. The van der Waals surface area contributed by atoms with Gasteiger partial charge in [-0.05, 0) is 32.6 Å². The molecule has 2 rings (SSSR count). The molecule has 0 atom stereocenters. The van der Waals surface area contributed by atoms with E-state index < -0.39 is 0 Å². The lowest BCUT2D eigenvalue weighted by molar-refractivity contribution is -0.121. The van der Waals surface area contributed by atoms with Crippen molar-refractivity contribution in [2.75, 3.05) is 6.54 Å². The van der Waals surface area contributed by atoms with Crippen molar-refractivity contribution in [2.24, 2.45) is 0 Å². The molecule has 1 aliphatic carbocycles. The standard InChI is InChI=1S/C12H16N4O/c1-9-15-10-4-2-3-5-11(10)16(9)8-12(17)14-7-6-13/h2-5,7-8H2,1H3,(H,14,17). The number of fused-ring (bicyclic) bond motifs is 1. The van der Waals surface area contributed by atoms with Crippen LogP contribution in [0.3, 0.4) is 0 Å². The Balaban J connectivity index is 2.13. The molecule has 1 amide bonds. The van der Waals surface area contributed by atoms with Crippen LogP contribution in [0.4, 0.5) is 0 Å². The molecule has 90 valence electrons. The van der Waals surface area contributed by atoms with Gasteiger partial charge in [-0.1, -0.05) is 0 Å². The van der Waals surface area contributed by atoms with Gasteiger partial charge in [-0.25, -0.2) is 4.98 Å². The monoisotopic (exact) mass is 232 g/mol. The van der Waals surface area contributed by atoms with E-state index >= 15 is 0 Å². The van der Waals surface area contributed by atoms with Gasteiger partial charge in [0, 0.05) is 5.69 Å². The molecule has 0 saturated carbocycles. The van der Waals surface area contributed by atoms with Crippen LogP contribution in [0, 0.1) is 18.3 Å². The van der Waals surface area contributed by atoms with Crippen molar-refractivity contribution in [2.45, 2.75) is 39.2 Å². The van der Waals surface area contributed by atoms with Crippen LogP contribution in [0.2, 0.25) is 0 Å². The summed E-state index contributed by atoms with van der Waals surface area (Å²) in [6, 6.07) is 1.90. The fourth-order valence-corrected chi connectivity index (χ4v) is 2.28. The second-order valence-corrected chi connectivity index (χ2v) is 4.28. The number of hydrogen-bond donors (Lipinski definition) is 1. The molecule has 0 unspecified atom stereocenters. The molecule has 0 saturated heterocycles. The van der Waals surface area contributed by atoms with Crippen molar-refractivity contribution in [3.05, 3.63) is 17.2 Å². The Hall–Kier alpha value is -1.83. The van der Waals surface area contributed by atoms with E-state index in [4.69, 9.17) is 5.26 Å². The molecule has 1 heterocycles. The minimum Gasteiger partial charge on any atom is -0.341 e. The molecule has 0 spiro atoms. The quantitative estimate of drug-likeness (QED) is 0.780. The molecule has 5 heteroatoms. The summed E-state index contributed by atoms with van der Waals surface area (Å²) in [6.45, 7) is 2.26. The fraction of sp³-hybridized carbons (Fsp3) is 0.583. The Kier molecular flexibility index (Phi) is 3.43. The van der Waals surface area contributed by atoms with Crippen molar-refractivity contribution in [1.82, 2.24) is 14.9 Å². The Morgan fingerprint density at radius 2 is 2.29 bits per heavy atom. The van der Waals surface area contributed by atoms with Crippen molar-refractivity contribution < 1.29 is 4.79 Å². The normalized spacial score (nSPS) is 13.9. The Labute approximate surface area is 100 Å². The number of imidazole rings is 1. The van der Waals surface area contributed by atoms with E-state index in [-0.39, 0.29) is 19.0 Å². The minimum atomic E-state index is -0.125. The highest BCUT2D eigenvalue weighted by molar-refractivity contribution is 5.76. The number of hydrogen-bond acceptors (Lipinski definition) is 3. The van der Waals surface area contributed by atoms with E-state index in [9.17, 15) is 4.79 Å². The van der Waals surface area contributed by atoms with Crippen LogP contribution in [0.5, 0.6) is 0 Å². The van der Waals surface area contributed by atoms with Gasteiger partial charge in [-0.3, -0.25) is 4.79 Å². The second kappa shape index (κ2) is 5.00. The number of aromatic nitrogens is 2. The predicted octanol–water partition coefficient (Wildman–Crippen LogP) is 0.710. The molecule has 0 fully saturated rings. The molecule has 1 aromatic rings. The first-order chi connectivity index (χ1) is 8.22. The maximum absolute atomic E-state index is 11.6. The molecule has 1 aliphatic rings. The van der Waals surface area contributed by atoms with E-state index in [0.29, 0.717) is 0 Å². The number of nitrogens with zero attached hydrogens (tertiary/aromatic N) is 3. The average molecular weight is 232 g/mol. The Morgan fingerprint density at radius 3 is 3.06 bits per heavy atom. The van der Waals surface area contributed by atoms with Gasteiger partial charge in [0.2, 0.25) is 5.91 Å². The molecule has 17 heavy (non-hydrogen) atoms. The summed E-state index contributed by atoms with van der Waals surface area (Å²) < 4.78 is 1.97. The van der Waals surface area contributed by atoms with Gasteiger partial charge in [0.15, 0.2) is 0 Å².